The number of aromatic hydroxyl groups is 1. The molecule has 6 heteroatoms. The van der Waals surface area contributed by atoms with Crippen LogP contribution in [0.15, 0.2) is 28.4 Å². The van der Waals surface area contributed by atoms with Crippen LogP contribution in [0.5, 0.6) is 11.5 Å². The minimum atomic E-state index is 0.0556. The maximum atomic E-state index is 10.3. The molecule has 1 rings (SSSR count). The van der Waals surface area contributed by atoms with Crippen molar-refractivity contribution < 1.29 is 9.84 Å². The Balaban J connectivity index is 3.02. The van der Waals surface area contributed by atoms with E-state index in [4.69, 9.17) is 9.88 Å². The molecule has 0 unspecified atom stereocenters. The average molecular weight is 240 g/mol. The van der Waals surface area contributed by atoms with Crippen molar-refractivity contribution in [2.75, 3.05) is 6.61 Å². The molecule has 0 atom stereocenters. The fourth-order valence-electron chi connectivity index (χ4n) is 1.12. The van der Waals surface area contributed by atoms with Crippen molar-refractivity contribution in [2.24, 2.45) is 10.3 Å². The van der Waals surface area contributed by atoms with E-state index in [9.17, 15) is 10.0 Å². The number of rotatable bonds is 5. The summed E-state index contributed by atoms with van der Waals surface area (Å²) in [7, 11) is 0. The van der Waals surface area contributed by atoms with Crippen LogP contribution in [0.3, 0.4) is 0 Å². The summed E-state index contributed by atoms with van der Waals surface area (Å²) >= 11 is 0.767. The maximum Gasteiger partial charge on any atom is 0.161 e. The van der Waals surface area contributed by atoms with Gasteiger partial charge in [-0.25, -0.2) is 0 Å². The first-order valence-electron chi connectivity index (χ1n) is 4.58. The maximum absolute atomic E-state index is 10.3. The predicted molar refractivity (Wildman–Crippen MR) is 64.8 cm³/mol. The molecule has 0 radical (unpaired) electrons. The minimum absolute atomic E-state index is 0.0556. The van der Waals surface area contributed by atoms with Crippen LogP contribution in [0.2, 0.25) is 0 Å². The summed E-state index contributed by atoms with van der Waals surface area (Å²) < 4.78 is 5.20. The van der Waals surface area contributed by atoms with E-state index in [1.165, 1.54) is 12.1 Å². The second-order valence-corrected chi connectivity index (χ2v) is 3.51. The van der Waals surface area contributed by atoms with Crippen LogP contribution in [0.25, 0.3) is 6.08 Å². The fraction of sp³-hybridized carbons (Fsp3) is 0.200. The Labute approximate surface area is 97.4 Å². The smallest absolute Gasteiger partial charge is 0.161 e. The van der Waals surface area contributed by atoms with Gasteiger partial charge < -0.3 is 9.84 Å². The fourth-order valence-corrected chi connectivity index (χ4v) is 1.36. The first-order chi connectivity index (χ1) is 7.71. The molecule has 0 aliphatic carbocycles. The number of phenolic OH excluding ortho intramolecular Hbond substituents is 1. The molecule has 0 saturated heterocycles. The molecule has 3 N–H and O–H groups in total. The monoisotopic (exact) mass is 240 g/mol. The van der Waals surface area contributed by atoms with Crippen molar-refractivity contribution in [3.63, 3.8) is 0 Å². The van der Waals surface area contributed by atoms with Crippen molar-refractivity contribution in [3.8, 4) is 11.5 Å². The van der Waals surface area contributed by atoms with Gasteiger partial charge in [0.15, 0.2) is 16.5 Å². The third-order valence-corrected chi connectivity index (χ3v) is 2.22. The highest BCUT2D eigenvalue weighted by Gasteiger charge is 2.03. The van der Waals surface area contributed by atoms with Crippen molar-refractivity contribution in [1.82, 2.24) is 0 Å². The predicted octanol–water partition coefficient (Wildman–Crippen LogP) is 2.46. The Hall–Kier alpha value is -1.53. The van der Waals surface area contributed by atoms with Crippen LogP contribution in [0.4, 0.5) is 0 Å². The Bertz CT molecular complexity index is 407. The first-order valence-corrected chi connectivity index (χ1v) is 5.46. The van der Waals surface area contributed by atoms with Crippen LogP contribution in [0, 0.1) is 4.91 Å². The molecule has 0 aliphatic rings. The van der Waals surface area contributed by atoms with Gasteiger partial charge in [0.25, 0.3) is 0 Å². The SMILES string of the molecule is CCOc1cc(/C=C(/N=O)SN)ccc1O. The van der Waals surface area contributed by atoms with Gasteiger partial charge in [0.2, 0.25) is 0 Å². The highest BCUT2D eigenvalue weighted by Crippen LogP contribution is 2.28. The summed E-state index contributed by atoms with van der Waals surface area (Å²) in [6.07, 6.45) is 1.51. The average Bonchev–Trinajstić information content (AvgIpc) is 2.30. The second kappa shape index (κ2) is 6.14. The van der Waals surface area contributed by atoms with Crippen LogP contribution in [-0.2, 0) is 0 Å². The largest absolute Gasteiger partial charge is 0.504 e. The van der Waals surface area contributed by atoms with Gasteiger partial charge in [-0.1, -0.05) is 6.07 Å². The number of hydrogen-bond acceptors (Lipinski definition) is 6. The molecule has 0 bridgehead atoms. The molecule has 5 nitrogen and oxygen atoms in total. The highest BCUT2D eigenvalue weighted by atomic mass is 32.2. The van der Waals surface area contributed by atoms with Crippen molar-refractivity contribution in [2.45, 2.75) is 6.92 Å². The zero-order chi connectivity index (χ0) is 12.0. The Morgan fingerprint density at radius 3 is 3.00 bits per heavy atom. The molecular weight excluding hydrogens is 228 g/mol. The lowest BCUT2D eigenvalue weighted by molar-refractivity contribution is 0.318. The summed E-state index contributed by atoms with van der Waals surface area (Å²) in [4.78, 5) is 10.3. The van der Waals surface area contributed by atoms with E-state index in [0.717, 1.165) is 11.9 Å². The Morgan fingerprint density at radius 1 is 1.69 bits per heavy atom. The number of nitrogens with two attached hydrogens (primary N) is 1. The molecule has 0 aliphatic heterocycles. The van der Waals surface area contributed by atoms with Crippen molar-refractivity contribution in [1.29, 1.82) is 0 Å². The van der Waals surface area contributed by atoms with Gasteiger partial charge in [-0.2, -0.15) is 0 Å². The molecular formula is C10H12N2O3S. The second-order valence-electron chi connectivity index (χ2n) is 2.85. The van der Waals surface area contributed by atoms with Crippen LogP contribution in [-0.4, -0.2) is 11.7 Å². The summed E-state index contributed by atoms with van der Waals surface area (Å²) in [5, 5.41) is 17.6. The summed E-state index contributed by atoms with van der Waals surface area (Å²) in [6, 6.07) is 4.74. The molecule has 0 spiro atoms. The standard InChI is InChI=1S/C10H12N2O3S/c1-2-15-9-5-7(3-4-8(9)13)6-10(12-14)16-11/h3-6,13H,2,11H2,1H3/b10-6-. The van der Waals surface area contributed by atoms with Gasteiger partial charge in [0.05, 0.1) is 6.61 Å². The minimum Gasteiger partial charge on any atom is -0.504 e. The van der Waals surface area contributed by atoms with E-state index < -0.39 is 0 Å². The van der Waals surface area contributed by atoms with E-state index in [2.05, 4.69) is 5.18 Å². The molecule has 0 saturated carbocycles. The lowest BCUT2D eigenvalue weighted by atomic mass is 10.2. The van der Waals surface area contributed by atoms with Gasteiger partial charge >= 0.3 is 0 Å². The molecule has 16 heavy (non-hydrogen) atoms. The summed E-state index contributed by atoms with van der Waals surface area (Å²) in [6.45, 7) is 2.27. The number of ether oxygens (including phenoxy) is 1. The normalized spacial score (nSPS) is 11.2. The zero-order valence-electron chi connectivity index (χ0n) is 8.71. The number of nitrogens with zero attached hydrogens (tertiary/aromatic N) is 1. The Morgan fingerprint density at radius 2 is 2.44 bits per heavy atom. The quantitative estimate of drug-likeness (QED) is 0.610. The third-order valence-electron chi connectivity index (χ3n) is 1.78. The summed E-state index contributed by atoms with van der Waals surface area (Å²) in [5.41, 5.74) is 0.689. The van der Waals surface area contributed by atoms with Gasteiger partial charge in [-0.3, -0.25) is 5.14 Å². The molecule has 0 heterocycles. The topological polar surface area (TPSA) is 84.9 Å². The first kappa shape index (κ1) is 12.5. The summed E-state index contributed by atoms with van der Waals surface area (Å²) in [5.74, 6) is 0.420. The van der Waals surface area contributed by atoms with Gasteiger partial charge in [-0.05, 0) is 47.8 Å². The Kier molecular flexibility index (Phi) is 4.81. The van der Waals surface area contributed by atoms with E-state index in [0.29, 0.717) is 17.9 Å². The highest BCUT2D eigenvalue weighted by molar-refractivity contribution is 8.01. The van der Waals surface area contributed by atoms with E-state index in [1.807, 2.05) is 6.92 Å². The van der Waals surface area contributed by atoms with Crippen LogP contribution in [0.1, 0.15) is 12.5 Å². The van der Waals surface area contributed by atoms with Gasteiger partial charge in [0, 0.05) is 0 Å². The van der Waals surface area contributed by atoms with Crippen molar-refractivity contribution in [3.05, 3.63) is 33.7 Å². The molecule has 0 amide bonds. The van der Waals surface area contributed by atoms with Gasteiger partial charge in [-0.15, -0.1) is 4.91 Å². The number of phenols is 1. The number of benzene rings is 1. The molecule has 86 valence electrons. The third kappa shape index (κ3) is 3.25. The molecule has 0 aromatic heterocycles. The number of nitroso groups, excluding NO2 is 1. The molecule has 1 aromatic rings. The van der Waals surface area contributed by atoms with Crippen LogP contribution < -0.4 is 9.88 Å². The molecule has 1 aromatic carbocycles. The zero-order valence-corrected chi connectivity index (χ0v) is 9.53. The lowest BCUT2D eigenvalue weighted by Gasteiger charge is -2.06. The molecule has 0 fully saturated rings. The lowest BCUT2D eigenvalue weighted by Crippen LogP contribution is -1.92. The van der Waals surface area contributed by atoms with Crippen LogP contribution >= 0.6 is 11.9 Å². The van der Waals surface area contributed by atoms with E-state index >= 15 is 0 Å². The van der Waals surface area contributed by atoms with Crippen molar-refractivity contribution >= 4 is 18.0 Å². The number of hydrogen-bond donors (Lipinski definition) is 2. The van der Waals surface area contributed by atoms with E-state index in [-0.39, 0.29) is 10.8 Å². The van der Waals surface area contributed by atoms with Gasteiger partial charge in [0.1, 0.15) is 0 Å². The van der Waals surface area contributed by atoms with E-state index in [1.54, 1.807) is 12.1 Å².